The van der Waals surface area contributed by atoms with E-state index in [-0.39, 0.29) is 0 Å². The molecule has 1 N–H and O–H groups in total. The van der Waals surface area contributed by atoms with Crippen LogP contribution in [0.25, 0.3) is 0 Å². The summed E-state index contributed by atoms with van der Waals surface area (Å²) in [5, 5.41) is 4.20. The van der Waals surface area contributed by atoms with E-state index in [1.54, 1.807) is 0 Å². The summed E-state index contributed by atoms with van der Waals surface area (Å²) in [5.74, 6) is 0. The fourth-order valence-electron chi connectivity index (χ4n) is 2.26. The topological polar surface area (TPSA) is 24.5 Å². The van der Waals surface area contributed by atoms with E-state index < -0.39 is 0 Å². The van der Waals surface area contributed by atoms with Gasteiger partial charge in [0.15, 0.2) is 0 Å². The lowest BCUT2D eigenvalue weighted by Gasteiger charge is -2.42. The molecule has 3 rings (SSSR count). The number of hydrogen-bond acceptors (Lipinski definition) is 3. The van der Waals surface area contributed by atoms with Crippen LogP contribution in [0.2, 0.25) is 5.02 Å². The molecule has 0 saturated carbocycles. The fourth-order valence-corrected chi connectivity index (χ4v) is 2.43. The molecule has 2 heterocycles. The highest BCUT2D eigenvalue weighted by Gasteiger charge is 2.28. The predicted octanol–water partition coefficient (Wildman–Crippen LogP) is 1.97. The quantitative estimate of drug-likeness (QED) is 0.729. The molecule has 0 aromatic heterocycles. The molecule has 0 radical (unpaired) electrons. The van der Waals surface area contributed by atoms with Crippen molar-refractivity contribution in [2.75, 3.05) is 36.5 Å². The third-order valence-electron chi connectivity index (χ3n) is 3.02. The number of fused-ring (bicyclic) bond motifs is 3. The van der Waals surface area contributed by atoms with Gasteiger partial charge in [0.1, 0.15) is 0 Å². The Morgan fingerprint density at radius 2 is 2.40 bits per heavy atom. The summed E-state index contributed by atoms with van der Waals surface area (Å²) in [6, 6.07) is 6.45. The van der Waals surface area contributed by atoms with Gasteiger partial charge < -0.3 is 15.0 Å². The van der Waals surface area contributed by atoms with Gasteiger partial charge in [0.25, 0.3) is 0 Å². The molecule has 0 amide bonds. The lowest BCUT2D eigenvalue weighted by atomic mass is 10.1. The number of benzene rings is 1. The molecule has 2 aliphatic heterocycles. The van der Waals surface area contributed by atoms with Crippen LogP contribution in [0.15, 0.2) is 18.2 Å². The molecular weight excluding hydrogens is 212 g/mol. The van der Waals surface area contributed by atoms with Gasteiger partial charge in [-0.1, -0.05) is 11.6 Å². The van der Waals surface area contributed by atoms with Crippen molar-refractivity contribution in [3.05, 3.63) is 23.2 Å². The SMILES string of the molecule is Clc1ccc2c(c1)N1CCOCC1CN2. The van der Waals surface area contributed by atoms with Crippen LogP contribution >= 0.6 is 11.6 Å². The second kappa shape index (κ2) is 3.58. The van der Waals surface area contributed by atoms with Crippen molar-refractivity contribution in [3.63, 3.8) is 0 Å². The Morgan fingerprint density at radius 3 is 3.33 bits per heavy atom. The van der Waals surface area contributed by atoms with Crippen molar-refractivity contribution in [1.82, 2.24) is 0 Å². The molecule has 0 aliphatic carbocycles. The van der Waals surface area contributed by atoms with E-state index >= 15 is 0 Å². The Labute approximate surface area is 94.0 Å². The van der Waals surface area contributed by atoms with Crippen LogP contribution in [-0.4, -0.2) is 32.3 Å². The molecular formula is C11H13ClN2O. The van der Waals surface area contributed by atoms with Crippen molar-refractivity contribution < 1.29 is 4.74 Å². The maximum atomic E-state index is 6.02. The fraction of sp³-hybridized carbons (Fsp3) is 0.455. The highest BCUT2D eigenvalue weighted by Crippen LogP contribution is 2.34. The van der Waals surface area contributed by atoms with E-state index in [2.05, 4.69) is 10.2 Å². The summed E-state index contributed by atoms with van der Waals surface area (Å²) in [6.45, 7) is 3.52. The molecule has 0 spiro atoms. The number of nitrogens with one attached hydrogen (secondary N) is 1. The monoisotopic (exact) mass is 224 g/mol. The maximum Gasteiger partial charge on any atom is 0.0697 e. The average Bonchev–Trinajstić information content (AvgIpc) is 2.29. The largest absolute Gasteiger partial charge is 0.381 e. The number of nitrogens with zero attached hydrogens (tertiary/aromatic N) is 1. The van der Waals surface area contributed by atoms with Gasteiger partial charge in [-0.25, -0.2) is 0 Å². The first-order valence-corrected chi connectivity index (χ1v) is 5.60. The average molecular weight is 225 g/mol. The van der Waals surface area contributed by atoms with Crippen LogP contribution in [0.5, 0.6) is 0 Å². The van der Waals surface area contributed by atoms with E-state index in [4.69, 9.17) is 16.3 Å². The molecule has 0 bridgehead atoms. The van der Waals surface area contributed by atoms with E-state index in [1.165, 1.54) is 11.4 Å². The van der Waals surface area contributed by atoms with Crippen LogP contribution in [0.4, 0.5) is 11.4 Å². The highest BCUT2D eigenvalue weighted by atomic mass is 35.5. The zero-order valence-electron chi connectivity index (χ0n) is 8.37. The highest BCUT2D eigenvalue weighted by molar-refractivity contribution is 6.31. The summed E-state index contributed by atoms with van der Waals surface area (Å²) in [4.78, 5) is 2.39. The number of halogens is 1. The Hall–Kier alpha value is -0.930. The second-order valence-corrected chi connectivity index (χ2v) is 4.40. The van der Waals surface area contributed by atoms with Gasteiger partial charge in [-0.05, 0) is 18.2 Å². The molecule has 4 heteroatoms. The van der Waals surface area contributed by atoms with Gasteiger partial charge in [-0.2, -0.15) is 0 Å². The van der Waals surface area contributed by atoms with Crippen molar-refractivity contribution in [2.45, 2.75) is 6.04 Å². The number of hydrogen-bond donors (Lipinski definition) is 1. The third-order valence-corrected chi connectivity index (χ3v) is 3.26. The van der Waals surface area contributed by atoms with Crippen LogP contribution < -0.4 is 10.2 Å². The number of morpholine rings is 1. The second-order valence-electron chi connectivity index (χ2n) is 3.96. The lowest BCUT2D eigenvalue weighted by molar-refractivity contribution is 0.0964. The maximum absolute atomic E-state index is 6.02. The number of rotatable bonds is 0. The first-order valence-electron chi connectivity index (χ1n) is 5.22. The molecule has 1 fully saturated rings. The van der Waals surface area contributed by atoms with Crippen molar-refractivity contribution in [1.29, 1.82) is 0 Å². The molecule has 15 heavy (non-hydrogen) atoms. The molecule has 1 aromatic carbocycles. The van der Waals surface area contributed by atoms with Crippen molar-refractivity contribution in [2.24, 2.45) is 0 Å². The summed E-state index contributed by atoms with van der Waals surface area (Å²) in [5.41, 5.74) is 2.39. The van der Waals surface area contributed by atoms with Gasteiger partial charge in [-0.3, -0.25) is 0 Å². The van der Waals surface area contributed by atoms with Crippen LogP contribution in [-0.2, 0) is 4.74 Å². The van der Waals surface area contributed by atoms with Gasteiger partial charge >= 0.3 is 0 Å². The Bertz CT molecular complexity index is 383. The minimum atomic E-state index is 0.449. The predicted molar refractivity (Wildman–Crippen MR) is 61.9 cm³/mol. The Kier molecular flexibility index (Phi) is 2.22. The first kappa shape index (κ1) is 9.31. The van der Waals surface area contributed by atoms with Crippen molar-refractivity contribution in [3.8, 4) is 0 Å². The molecule has 1 aromatic rings. The minimum Gasteiger partial charge on any atom is -0.381 e. The van der Waals surface area contributed by atoms with E-state index in [1.807, 2.05) is 18.2 Å². The summed E-state index contributed by atoms with van der Waals surface area (Å²) in [6.07, 6.45) is 0. The van der Waals surface area contributed by atoms with Crippen LogP contribution in [0, 0.1) is 0 Å². The minimum absolute atomic E-state index is 0.449. The molecule has 80 valence electrons. The standard InChI is InChI=1S/C11H13ClN2O/c12-8-1-2-10-11(5-8)14-3-4-15-7-9(14)6-13-10/h1-2,5,9,13H,3-4,6-7H2. The first-order chi connectivity index (χ1) is 7.34. The Balaban J connectivity index is 2.01. The summed E-state index contributed by atoms with van der Waals surface area (Å²) >= 11 is 6.02. The van der Waals surface area contributed by atoms with Crippen LogP contribution in [0.3, 0.4) is 0 Å². The van der Waals surface area contributed by atoms with Crippen LogP contribution in [0.1, 0.15) is 0 Å². The number of ether oxygens (including phenoxy) is 1. The van der Waals surface area contributed by atoms with Gasteiger partial charge in [-0.15, -0.1) is 0 Å². The molecule has 1 saturated heterocycles. The summed E-state index contributed by atoms with van der Waals surface area (Å²) in [7, 11) is 0. The van der Waals surface area contributed by atoms with Gasteiger partial charge in [0.2, 0.25) is 0 Å². The van der Waals surface area contributed by atoms with E-state index in [0.29, 0.717) is 6.04 Å². The van der Waals surface area contributed by atoms with Gasteiger partial charge in [0, 0.05) is 18.1 Å². The van der Waals surface area contributed by atoms with Crippen molar-refractivity contribution >= 4 is 23.0 Å². The normalized spacial score (nSPS) is 24.1. The lowest BCUT2D eigenvalue weighted by Crippen LogP contribution is -2.51. The molecule has 2 aliphatic rings. The zero-order chi connectivity index (χ0) is 10.3. The zero-order valence-corrected chi connectivity index (χ0v) is 9.13. The van der Waals surface area contributed by atoms with Gasteiger partial charge in [0.05, 0.1) is 30.6 Å². The number of anilines is 2. The smallest absolute Gasteiger partial charge is 0.0697 e. The third kappa shape index (κ3) is 1.56. The Morgan fingerprint density at radius 1 is 1.47 bits per heavy atom. The van der Waals surface area contributed by atoms with E-state index in [0.717, 1.165) is 31.3 Å². The molecule has 1 unspecified atom stereocenters. The van der Waals surface area contributed by atoms with E-state index in [9.17, 15) is 0 Å². The molecule has 3 nitrogen and oxygen atoms in total. The molecule has 1 atom stereocenters. The summed E-state index contributed by atoms with van der Waals surface area (Å²) < 4.78 is 5.47.